The van der Waals surface area contributed by atoms with Gasteiger partial charge >= 0.3 is 0 Å². The number of benzene rings is 3. The maximum Gasteiger partial charge on any atom is 0.300 e. The Labute approximate surface area is 222 Å². The molecule has 0 aromatic heterocycles. The van der Waals surface area contributed by atoms with Gasteiger partial charge in [-0.2, -0.15) is 0 Å². The maximum atomic E-state index is 13.5. The summed E-state index contributed by atoms with van der Waals surface area (Å²) in [5.41, 5.74) is 2.75. The normalized spacial score (nSPS) is 18.2. The number of aryl methyl sites for hydroxylation is 1. The third kappa shape index (κ3) is 4.84. The Morgan fingerprint density at radius 3 is 2.45 bits per heavy atom. The molecular weight excluding hydrogens is 482 g/mol. The molecule has 1 saturated heterocycles. The van der Waals surface area contributed by atoms with Crippen LogP contribution >= 0.6 is 0 Å². The first-order chi connectivity index (χ1) is 18.4. The molecule has 0 spiro atoms. The summed E-state index contributed by atoms with van der Waals surface area (Å²) in [6.45, 7) is 7.51. The van der Waals surface area contributed by atoms with Crippen LogP contribution in [-0.4, -0.2) is 36.6 Å². The summed E-state index contributed by atoms with van der Waals surface area (Å²) in [5, 5.41) is 11.5. The Hall–Kier alpha value is -4.26. The molecule has 1 amide bonds. The lowest BCUT2D eigenvalue weighted by Gasteiger charge is -2.27. The molecule has 7 nitrogen and oxygen atoms in total. The standard InChI is InChI=1S/C31H31NO6/c1-4-20-8-10-21(11-9-20)28-27(29(33)22-6-5-7-24(16-22)38-18-19(2)3)30(34)31(35)32(28)23-12-13-25-26(17-23)37-15-14-36-25/h5-13,16-17,19,28,33H,4,14-15,18H2,1-3H3/b29-27+. The molecule has 0 aliphatic carbocycles. The Kier molecular flexibility index (Phi) is 7.09. The topological polar surface area (TPSA) is 85.3 Å². The quantitative estimate of drug-likeness (QED) is 0.249. The number of nitrogens with zero attached hydrogens (tertiary/aromatic N) is 1. The molecule has 38 heavy (non-hydrogen) atoms. The number of Topliss-reactive ketones (excluding diaryl/α,β-unsaturated/α-hetero) is 1. The third-order valence-corrected chi connectivity index (χ3v) is 6.64. The number of aliphatic hydroxyl groups excluding tert-OH is 1. The van der Waals surface area contributed by atoms with Gasteiger partial charge in [0.1, 0.15) is 24.7 Å². The molecular formula is C31H31NO6. The number of anilines is 1. The van der Waals surface area contributed by atoms with Crippen LogP contribution in [0.3, 0.4) is 0 Å². The second kappa shape index (κ2) is 10.6. The summed E-state index contributed by atoms with van der Waals surface area (Å²) >= 11 is 0. The van der Waals surface area contributed by atoms with E-state index in [2.05, 4.69) is 6.92 Å². The molecule has 2 heterocycles. The van der Waals surface area contributed by atoms with Crippen LogP contribution in [0.15, 0.2) is 72.3 Å². The molecule has 1 atom stereocenters. The van der Waals surface area contributed by atoms with Gasteiger partial charge in [0, 0.05) is 17.3 Å². The van der Waals surface area contributed by atoms with Crippen LogP contribution in [0.25, 0.3) is 5.76 Å². The van der Waals surface area contributed by atoms with Crippen LogP contribution in [0.1, 0.15) is 43.5 Å². The van der Waals surface area contributed by atoms with Crippen molar-refractivity contribution in [1.82, 2.24) is 0 Å². The van der Waals surface area contributed by atoms with Gasteiger partial charge in [0.05, 0.1) is 18.2 Å². The van der Waals surface area contributed by atoms with E-state index in [1.54, 1.807) is 42.5 Å². The summed E-state index contributed by atoms with van der Waals surface area (Å²) < 4.78 is 17.2. The zero-order valence-corrected chi connectivity index (χ0v) is 21.8. The van der Waals surface area contributed by atoms with Crippen LogP contribution < -0.4 is 19.1 Å². The van der Waals surface area contributed by atoms with E-state index in [1.165, 1.54) is 4.90 Å². The molecule has 1 unspecified atom stereocenters. The lowest BCUT2D eigenvalue weighted by Crippen LogP contribution is -2.29. The number of carbonyl (C=O) groups is 2. The predicted octanol–water partition coefficient (Wildman–Crippen LogP) is 5.68. The zero-order valence-electron chi connectivity index (χ0n) is 21.8. The van der Waals surface area contributed by atoms with Gasteiger partial charge in [-0.3, -0.25) is 14.5 Å². The molecule has 3 aromatic rings. The number of rotatable bonds is 7. The zero-order chi connectivity index (χ0) is 26.8. The number of aliphatic hydroxyl groups is 1. The van der Waals surface area contributed by atoms with Crippen molar-refractivity contribution in [2.24, 2.45) is 5.92 Å². The average molecular weight is 514 g/mol. The molecule has 2 aliphatic heterocycles. The molecule has 0 saturated carbocycles. The van der Waals surface area contributed by atoms with E-state index < -0.39 is 17.7 Å². The molecule has 7 heteroatoms. The van der Waals surface area contributed by atoms with Gasteiger partial charge in [0.2, 0.25) is 0 Å². The minimum Gasteiger partial charge on any atom is -0.507 e. The Morgan fingerprint density at radius 1 is 1.00 bits per heavy atom. The van der Waals surface area contributed by atoms with E-state index in [9.17, 15) is 14.7 Å². The van der Waals surface area contributed by atoms with Gasteiger partial charge in [-0.25, -0.2) is 0 Å². The van der Waals surface area contributed by atoms with E-state index in [0.717, 1.165) is 12.0 Å². The van der Waals surface area contributed by atoms with Gasteiger partial charge in [-0.05, 0) is 47.7 Å². The molecule has 0 bridgehead atoms. The van der Waals surface area contributed by atoms with Crippen molar-refractivity contribution in [1.29, 1.82) is 0 Å². The van der Waals surface area contributed by atoms with E-state index >= 15 is 0 Å². The summed E-state index contributed by atoms with van der Waals surface area (Å²) in [4.78, 5) is 28.4. The number of amides is 1. The summed E-state index contributed by atoms with van der Waals surface area (Å²) in [5.74, 6) is 0.269. The highest BCUT2D eigenvalue weighted by atomic mass is 16.6. The molecule has 0 radical (unpaired) electrons. The number of carbonyl (C=O) groups excluding carboxylic acids is 2. The lowest BCUT2D eigenvalue weighted by atomic mass is 9.94. The smallest absolute Gasteiger partial charge is 0.300 e. The number of ether oxygens (including phenoxy) is 3. The van der Waals surface area contributed by atoms with Crippen LogP contribution in [0.2, 0.25) is 0 Å². The Bertz CT molecular complexity index is 1390. The van der Waals surface area contributed by atoms with Gasteiger partial charge in [-0.1, -0.05) is 57.2 Å². The fourth-order valence-electron chi connectivity index (χ4n) is 4.68. The monoisotopic (exact) mass is 513 g/mol. The molecule has 5 rings (SSSR count). The average Bonchev–Trinajstić information content (AvgIpc) is 3.21. The van der Waals surface area contributed by atoms with Crippen LogP contribution in [0, 0.1) is 5.92 Å². The highest BCUT2D eigenvalue weighted by molar-refractivity contribution is 6.51. The van der Waals surface area contributed by atoms with Crippen molar-refractivity contribution in [3.05, 3.63) is 89.0 Å². The fourth-order valence-corrected chi connectivity index (χ4v) is 4.68. The van der Waals surface area contributed by atoms with Gasteiger partial charge in [-0.15, -0.1) is 0 Å². The third-order valence-electron chi connectivity index (χ3n) is 6.64. The van der Waals surface area contributed by atoms with E-state index in [0.29, 0.717) is 59.8 Å². The van der Waals surface area contributed by atoms with E-state index in [1.807, 2.05) is 38.1 Å². The van der Waals surface area contributed by atoms with Crippen molar-refractivity contribution in [2.45, 2.75) is 33.2 Å². The van der Waals surface area contributed by atoms with E-state index in [4.69, 9.17) is 14.2 Å². The highest BCUT2D eigenvalue weighted by Gasteiger charge is 2.47. The molecule has 3 aromatic carbocycles. The molecule has 1 fully saturated rings. The first-order valence-corrected chi connectivity index (χ1v) is 12.9. The van der Waals surface area contributed by atoms with Crippen molar-refractivity contribution in [3.63, 3.8) is 0 Å². The Morgan fingerprint density at radius 2 is 1.74 bits per heavy atom. The largest absolute Gasteiger partial charge is 0.507 e. The van der Waals surface area contributed by atoms with Gasteiger partial charge < -0.3 is 19.3 Å². The van der Waals surface area contributed by atoms with Crippen molar-refractivity contribution in [2.75, 3.05) is 24.7 Å². The second-order valence-corrected chi connectivity index (χ2v) is 9.82. The fraction of sp³-hybridized carbons (Fsp3) is 0.290. The SMILES string of the molecule is CCc1ccc(C2/C(=C(\O)c3cccc(OCC(C)C)c3)C(=O)C(=O)N2c2ccc3c(c2)OCCO3)cc1. The summed E-state index contributed by atoms with van der Waals surface area (Å²) in [6, 6.07) is 19.0. The van der Waals surface area contributed by atoms with E-state index in [-0.39, 0.29) is 11.3 Å². The Balaban J connectivity index is 1.63. The molecule has 196 valence electrons. The molecule has 1 N–H and O–H groups in total. The maximum absolute atomic E-state index is 13.5. The predicted molar refractivity (Wildman–Crippen MR) is 145 cm³/mol. The minimum atomic E-state index is -0.830. The summed E-state index contributed by atoms with van der Waals surface area (Å²) in [7, 11) is 0. The number of hydrogen-bond donors (Lipinski definition) is 1. The van der Waals surface area contributed by atoms with Gasteiger partial charge in [0.15, 0.2) is 11.5 Å². The molecule has 2 aliphatic rings. The minimum absolute atomic E-state index is 0.0233. The van der Waals surface area contributed by atoms with Crippen LogP contribution in [0.4, 0.5) is 5.69 Å². The highest BCUT2D eigenvalue weighted by Crippen LogP contribution is 2.44. The number of ketones is 1. The van der Waals surface area contributed by atoms with Crippen molar-refractivity contribution >= 4 is 23.1 Å². The second-order valence-electron chi connectivity index (χ2n) is 9.82. The van der Waals surface area contributed by atoms with Crippen molar-refractivity contribution < 1.29 is 28.9 Å². The van der Waals surface area contributed by atoms with Crippen LogP contribution in [0.5, 0.6) is 17.2 Å². The van der Waals surface area contributed by atoms with Crippen LogP contribution in [-0.2, 0) is 16.0 Å². The van der Waals surface area contributed by atoms with Crippen molar-refractivity contribution in [3.8, 4) is 17.2 Å². The lowest BCUT2D eigenvalue weighted by molar-refractivity contribution is -0.132. The number of hydrogen-bond acceptors (Lipinski definition) is 6. The summed E-state index contributed by atoms with van der Waals surface area (Å²) in [6.07, 6.45) is 0.853. The first-order valence-electron chi connectivity index (χ1n) is 12.9. The number of fused-ring (bicyclic) bond motifs is 1. The van der Waals surface area contributed by atoms with Gasteiger partial charge in [0.25, 0.3) is 11.7 Å². The first kappa shape index (κ1) is 25.4.